The summed E-state index contributed by atoms with van der Waals surface area (Å²) in [5, 5.41) is 0. The fourth-order valence-electron chi connectivity index (χ4n) is 2.18. The third-order valence-electron chi connectivity index (χ3n) is 3.94. The van der Waals surface area contributed by atoms with Gasteiger partial charge in [0.25, 0.3) is 0 Å². The van der Waals surface area contributed by atoms with Gasteiger partial charge >= 0.3 is 11.9 Å². The van der Waals surface area contributed by atoms with E-state index >= 15 is 0 Å². The molecule has 0 aromatic carbocycles. The van der Waals surface area contributed by atoms with Crippen molar-refractivity contribution in [1.29, 1.82) is 0 Å². The molecular weight excluding hydrogens is 332 g/mol. The van der Waals surface area contributed by atoms with E-state index in [2.05, 4.69) is 23.0 Å². The highest BCUT2D eigenvalue weighted by Crippen LogP contribution is 2.03. The molecule has 26 heavy (non-hydrogen) atoms. The first-order valence-corrected chi connectivity index (χ1v) is 9.26. The largest absolute Gasteiger partial charge is 0.461 e. The molecule has 0 aromatic rings. The number of likely N-dealkylation sites (N-methyl/N-ethyl adjacent to an activating group) is 2. The maximum atomic E-state index is 11.3. The van der Waals surface area contributed by atoms with Crippen LogP contribution in [0.2, 0.25) is 0 Å². The summed E-state index contributed by atoms with van der Waals surface area (Å²) in [5.41, 5.74) is 0.873. The van der Waals surface area contributed by atoms with Crippen LogP contribution in [-0.4, -0.2) is 75.2 Å². The Labute approximate surface area is 158 Å². The lowest BCUT2D eigenvalue weighted by atomic mass is 10.2. The summed E-state index contributed by atoms with van der Waals surface area (Å²) in [4.78, 5) is 26.9. The molecule has 0 saturated carbocycles. The van der Waals surface area contributed by atoms with Gasteiger partial charge in [-0.15, -0.1) is 0 Å². The molecule has 0 N–H and O–H groups in total. The molecule has 0 fully saturated rings. The Morgan fingerprint density at radius 1 is 0.692 bits per heavy atom. The predicted octanol–water partition coefficient (Wildman–Crippen LogP) is 2.65. The van der Waals surface area contributed by atoms with E-state index in [1.54, 1.807) is 13.8 Å². The van der Waals surface area contributed by atoms with Crippen molar-refractivity contribution in [1.82, 2.24) is 9.80 Å². The molecular formula is C20H36N2O4. The molecule has 0 aliphatic rings. The van der Waals surface area contributed by atoms with Crippen molar-refractivity contribution in [3.05, 3.63) is 24.3 Å². The molecule has 6 nitrogen and oxygen atoms in total. The third kappa shape index (κ3) is 13.6. The normalized spacial score (nSPS) is 10.8. The summed E-state index contributed by atoms with van der Waals surface area (Å²) in [5.74, 6) is -0.645. The zero-order chi connectivity index (χ0) is 19.9. The molecule has 0 saturated heterocycles. The van der Waals surface area contributed by atoms with Crippen LogP contribution >= 0.6 is 0 Å². The molecule has 0 aliphatic carbocycles. The standard InChI is InChI=1S/C20H36N2O4/c1-17(2)19(23)25-15-13-21(5)11-9-7-8-10-12-22(6)14-16-26-20(24)18(3)4/h1,3,7-16H2,2,4-6H3. The van der Waals surface area contributed by atoms with Gasteiger partial charge in [0.15, 0.2) is 0 Å². The topological polar surface area (TPSA) is 59.1 Å². The van der Waals surface area contributed by atoms with E-state index in [1.807, 2.05) is 14.1 Å². The Morgan fingerprint density at radius 3 is 1.35 bits per heavy atom. The number of unbranched alkanes of at least 4 members (excludes halogenated alkanes) is 3. The van der Waals surface area contributed by atoms with Gasteiger partial charge in [-0.25, -0.2) is 9.59 Å². The molecule has 0 aromatic heterocycles. The number of rotatable bonds is 15. The number of esters is 2. The van der Waals surface area contributed by atoms with Crippen LogP contribution in [0.5, 0.6) is 0 Å². The van der Waals surface area contributed by atoms with Crippen LogP contribution in [0.1, 0.15) is 39.5 Å². The lowest BCUT2D eigenvalue weighted by Crippen LogP contribution is -2.26. The predicted molar refractivity (Wildman–Crippen MR) is 105 cm³/mol. The summed E-state index contributed by atoms with van der Waals surface area (Å²) in [6.07, 6.45) is 4.61. The molecule has 6 heteroatoms. The van der Waals surface area contributed by atoms with E-state index in [0.717, 1.165) is 39.0 Å². The minimum atomic E-state index is -0.322. The van der Waals surface area contributed by atoms with Gasteiger partial charge in [-0.05, 0) is 53.9 Å². The molecule has 0 amide bonds. The van der Waals surface area contributed by atoms with Crippen molar-refractivity contribution in [3.63, 3.8) is 0 Å². The van der Waals surface area contributed by atoms with Crippen molar-refractivity contribution in [3.8, 4) is 0 Å². The maximum absolute atomic E-state index is 11.3. The Kier molecular flexibility index (Phi) is 13.6. The number of hydrogen-bond acceptors (Lipinski definition) is 6. The minimum Gasteiger partial charge on any atom is -0.461 e. The average molecular weight is 369 g/mol. The average Bonchev–Trinajstić information content (AvgIpc) is 2.57. The van der Waals surface area contributed by atoms with Gasteiger partial charge in [-0.1, -0.05) is 26.0 Å². The summed E-state index contributed by atoms with van der Waals surface area (Å²) in [7, 11) is 4.07. The van der Waals surface area contributed by atoms with Crippen molar-refractivity contribution < 1.29 is 19.1 Å². The van der Waals surface area contributed by atoms with E-state index < -0.39 is 0 Å². The Hall–Kier alpha value is -1.66. The lowest BCUT2D eigenvalue weighted by molar-refractivity contribution is -0.140. The Morgan fingerprint density at radius 2 is 1.04 bits per heavy atom. The minimum absolute atomic E-state index is 0.322. The molecule has 0 spiro atoms. The number of carbonyl (C=O) groups excluding carboxylic acids is 2. The molecule has 0 heterocycles. The zero-order valence-corrected chi connectivity index (χ0v) is 17.0. The molecule has 150 valence electrons. The summed E-state index contributed by atoms with van der Waals surface area (Å²) in [6.45, 7) is 14.7. The van der Waals surface area contributed by atoms with Gasteiger partial charge in [-0.3, -0.25) is 0 Å². The SMILES string of the molecule is C=C(C)C(=O)OCCN(C)CCCCCCN(C)CCOC(=O)C(=C)C. The van der Waals surface area contributed by atoms with Crippen LogP contribution in [-0.2, 0) is 19.1 Å². The van der Waals surface area contributed by atoms with Gasteiger partial charge < -0.3 is 19.3 Å². The fourth-order valence-corrected chi connectivity index (χ4v) is 2.18. The van der Waals surface area contributed by atoms with Crippen molar-refractivity contribution in [2.75, 3.05) is 53.5 Å². The molecule has 0 radical (unpaired) electrons. The van der Waals surface area contributed by atoms with Crippen LogP contribution in [0, 0.1) is 0 Å². The molecule has 0 aliphatic heterocycles. The van der Waals surface area contributed by atoms with Crippen LogP contribution in [0.4, 0.5) is 0 Å². The van der Waals surface area contributed by atoms with Gasteiger partial charge in [0, 0.05) is 24.2 Å². The Bertz CT molecular complexity index is 421. The first-order chi connectivity index (χ1) is 12.2. The van der Waals surface area contributed by atoms with Crippen LogP contribution < -0.4 is 0 Å². The van der Waals surface area contributed by atoms with Crippen LogP contribution in [0.3, 0.4) is 0 Å². The fraction of sp³-hybridized carbons (Fsp3) is 0.700. The second-order valence-electron chi connectivity index (χ2n) is 6.85. The second kappa shape index (κ2) is 14.5. The number of nitrogens with zero attached hydrogens (tertiary/aromatic N) is 2. The van der Waals surface area contributed by atoms with Crippen molar-refractivity contribution >= 4 is 11.9 Å². The van der Waals surface area contributed by atoms with E-state index in [0.29, 0.717) is 24.4 Å². The Balaban J connectivity index is 3.51. The first kappa shape index (κ1) is 24.3. The smallest absolute Gasteiger partial charge is 0.333 e. The monoisotopic (exact) mass is 368 g/mol. The van der Waals surface area contributed by atoms with Crippen LogP contribution in [0.15, 0.2) is 24.3 Å². The zero-order valence-electron chi connectivity index (χ0n) is 17.0. The quantitative estimate of drug-likeness (QED) is 0.252. The second-order valence-corrected chi connectivity index (χ2v) is 6.85. The van der Waals surface area contributed by atoms with E-state index in [-0.39, 0.29) is 11.9 Å². The summed E-state index contributed by atoms with van der Waals surface area (Å²) < 4.78 is 10.2. The number of carbonyl (C=O) groups is 2. The van der Waals surface area contributed by atoms with Gasteiger partial charge in [0.2, 0.25) is 0 Å². The molecule has 0 rings (SSSR count). The molecule has 0 unspecified atom stereocenters. The summed E-state index contributed by atoms with van der Waals surface area (Å²) >= 11 is 0. The molecule has 0 atom stereocenters. The first-order valence-electron chi connectivity index (χ1n) is 9.26. The number of hydrogen-bond donors (Lipinski definition) is 0. The van der Waals surface area contributed by atoms with Gasteiger partial charge in [0.05, 0.1) is 0 Å². The summed E-state index contributed by atoms with van der Waals surface area (Å²) in [6, 6.07) is 0. The van der Waals surface area contributed by atoms with Gasteiger partial charge in [0.1, 0.15) is 13.2 Å². The van der Waals surface area contributed by atoms with Gasteiger partial charge in [-0.2, -0.15) is 0 Å². The third-order valence-corrected chi connectivity index (χ3v) is 3.94. The highest BCUT2D eigenvalue weighted by Gasteiger charge is 2.05. The van der Waals surface area contributed by atoms with E-state index in [9.17, 15) is 9.59 Å². The van der Waals surface area contributed by atoms with Crippen molar-refractivity contribution in [2.45, 2.75) is 39.5 Å². The highest BCUT2D eigenvalue weighted by atomic mass is 16.5. The maximum Gasteiger partial charge on any atom is 0.333 e. The van der Waals surface area contributed by atoms with Crippen molar-refractivity contribution in [2.24, 2.45) is 0 Å². The lowest BCUT2D eigenvalue weighted by Gasteiger charge is -2.17. The van der Waals surface area contributed by atoms with Crippen LogP contribution in [0.25, 0.3) is 0 Å². The van der Waals surface area contributed by atoms with E-state index in [1.165, 1.54) is 12.8 Å². The van der Waals surface area contributed by atoms with E-state index in [4.69, 9.17) is 9.47 Å². The number of ether oxygens (including phenoxy) is 2. The highest BCUT2D eigenvalue weighted by molar-refractivity contribution is 5.87. The molecule has 0 bridgehead atoms.